The molecule has 1 fully saturated rings. The monoisotopic (exact) mass is 319 g/mol. The molecule has 6 heteroatoms. The van der Waals surface area contributed by atoms with Crippen molar-refractivity contribution in [2.45, 2.75) is 6.92 Å². The molecule has 0 N–H and O–H groups in total. The minimum Gasteiger partial charge on any atom is -0.493 e. The van der Waals surface area contributed by atoms with E-state index in [2.05, 4.69) is 6.58 Å². The van der Waals surface area contributed by atoms with Crippen molar-refractivity contribution >= 4 is 29.0 Å². The Balaban J connectivity index is 2.26. The Morgan fingerprint density at radius 1 is 1.32 bits per heavy atom. The van der Waals surface area contributed by atoms with Gasteiger partial charge in [0.15, 0.2) is 11.5 Å². The maximum Gasteiger partial charge on any atom is 0.293 e. The molecule has 22 heavy (non-hydrogen) atoms. The fourth-order valence-corrected chi connectivity index (χ4v) is 2.87. The van der Waals surface area contributed by atoms with E-state index in [0.717, 1.165) is 17.3 Å². The highest BCUT2D eigenvalue weighted by molar-refractivity contribution is 8.18. The first kappa shape index (κ1) is 16.2. The highest BCUT2D eigenvalue weighted by Gasteiger charge is 2.33. The lowest BCUT2D eigenvalue weighted by atomic mass is 10.2. The second-order valence-corrected chi connectivity index (χ2v) is 5.43. The molecule has 0 unspecified atom stereocenters. The van der Waals surface area contributed by atoms with Gasteiger partial charge in [-0.3, -0.25) is 14.5 Å². The van der Waals surface area contributed by atoms with Crippen LogP contribution in [0.25, 0.3) is 6.08 Å². The van der Waals surface area contributed by atoms with Gasteiger partial charge in [0.1, 0.15) is 6.61 Å². The molecule has 5 nitrogen and oxygen atoms in total. The van der Waals surface area contributed by atoms with Crippen molar-refractivity contribution in [3.63, 3.8) is 0 Å². The minimum absolute atomic E-state index is 0.239. The van der Waals surface area contributed by atoms with Crippen molar-refractivity contribution < 1.29 is 19.1 Å². The highest BCUT2D eigenvalue weighted by Crippen LogP contribution is 2.34. The van der Waals surface area contributed by atoms with Gasteiger partial charge in [-0.25, -0.2) is 0 Å². The molecule has 1 aromatic carbocycles. The SMILES string of the molecule is C=CCOc1ccc(/C=C2/SC(=O)N(CC)C2=O)cc1OC. The van der Waals surface area contributed by atoms with Crippen LogP contribution in [0.3, 0.4) is 0 Å². The molecule has 1 saturated heterocycles. The molecule has 0 saturated carbocycles. The number of thioether (sulfide) groups is 1. The Hall–Kier alpha value is -2.21. The van der Waals surface area contributed by atoms with E-state index < -0.39 is 0 Å². The smallest absolute Gasteiger partial charge is 0.293 e. The number of imide groups is 1. The van der Waals surface area contributed by atoms with E-state index in [9.17, 15) is 9.59 Å². The second-order valence-electron chi connectivity index (χ2n) is 4.44. The maximum atomic E-state index is 12.1. The highest BCUT2D eigenvalue weighted by atomic mass is 32.2. The van der Waals surface area contributed by atoms with Gasteiger partial charge < -0.3 is 9.47 Å². The van der Waals surface area contributed by atoms with E-state index in [1.165, 1.54) is 4.90 Å². The van der Waals surface area contributed by atoms with Crippen LogP contribution in [-0.2, 0) is 4.79 Å². The van der Waals surface area contributed by atoms with Crippen LogP contribution in [0.2, 0.25) is 0 Å². The number of rotatable bonds is 6. The zero-order valence-corrected chi connectivity index (χ0v) is 13.3. The van der Waals surface area contributed by atoms with Crippen LogP contribution in [0.15, 0.2) is 35.8 Å². The van der Waals surface area contributed by atoms with Crippen LogP contribution in [-0.4, -0.2) is 36.3 Å². The van der Waals surface area contributed by atoms with E-state index >= 15 is 0 Å². The number of nitrogens with zero attached hydrogens (tertiary/aromatic N) is 1. The average molecular weight is 319 g/mol. The van der Waals surface area contributed by atoms with Crippen LogP contribution in [0.1, 0.15) is 12.5 Å². The number of hydrogen-bond acceptors (Lipinski definition) is 5. The molecule has 0 bridgehead atoms. The van der Waals surface area contributed by atoms with E-state index in [1.807, 2.05) is 0 Å². The molecule has 0 radical (unpaired) electrons. The molecule has 1 heterocycles. The van der Waals surface area contributed by atoms with Gasteiger partial charge in [0.05, 0.1) is 12.0 Å². The third-order valence-electron chi connectivity index (χ3n) is 3.03. The number of ether oxygens (including phenoxy) is 2. The molecule has 2 amide bonds. The lowest BCUT2D eigenvalue weighted by Gasteiger charge is -2.10. The number of carbonyl (C=O) groups is 2. The van der Waals surface area contributed by atoms with E-state index in [-0.39, 0.29) is 11.1 Å². The molecule has 0 aliphatic carbocycles. The standard InChI is InChI=1S/C16H17NO4S/c1-4-8-21-12-7-6-11(9-13(12)20-3)10-14-15(18)17(5-2)16(19)22-14/h4,6-7,9-10H,1,5,8H2,2-3H3/b14-10+. The average Bonchev–Trinajstić information content (AvgIpc) is 2.79. The fourth-order valence-electron chi connectivity index (χ4n) is 1.97. The Bertz CT molecular complexity index is 639. The zero-order valence-electron chi connectivity index (χ0n) is 12.5. The summed E-state index contributed by atoms with van der Waals surface area (Å²) in [6.07, 6.45) is 3.33. The van der Waals surface area contributed by atoms with Gasteiger partial charge in [0.2, 0.25) is 0 Å². The van der Waals surface area contributed by atoms with Crippen molar-refractivity contribution in [1.82, 2.24) is 4.90 Å². The molecule has 0 aromatic heterocycles. The number of benzene rings is 1. The number of methoxy groups -OCH3 is 1. The molecule has 116 valence electrons. The zero-order chi connectivity index (χ0) is 16.1. The molecular formula is C16H17NO4S. The predicted molar refractivity (Wildman–Crippen MR) is 87.0 cm³/mol. The lowest BCUT2D eigenvalue weighted by Crippen LogP contribution is -2.27. The number of amides is 2. The summed E-state index contributed by atoms with van der Waals surface area (Å²) in [7, 11) is 1.55. The van der Waals surface area contributed by atoms with Crippen molar-refractivity contribution in [2.24, 2.45) is 0 Å². The van der Waals surface area contributed by atoms with Gasteiger partial charge in [-0.15, -0.1) is 0 Å². The Morgan fingerprint density at radius 3 is 2.68 bits per heavy atom. The molecule has 0 spiro atoms. The summed E-state index contributed by atoms with van der Waals surface area (Å²) in [6.45, 7) is 6.12. The van der Waals surface area contributed by atoms with E-state index in [1.54, 1.807) is 44.4 Å². The fraction of sp³-hybridized carbons (Fsp3) is 0.250. The number of carbonyl (C=O) groups excluding carboxylic acids is 2. The normalized spacial score (nSPS) is 16.3. The van der Waals surface area contributed by atoms with Gasteiger partial charge in [-0.1, -0.05) is 18.7 Å². The van der Waals surface area contributed by atoms with Crippen LogP contribution >= 0.6 is 11.8 Å². The maximum absolute atomic E-state index is 12.1. The minimum atomic E-state index is -0.261. The molecule has 1 aliphatic heterocycles. The van der Waals surface area contributed by atoms with Crippen molar-refractivity contribution in [1.29, 1.82) is 0 Å². The van der Waals surface area contributed by atoms with E-state index in [4.69, 9.17) is 9.47 Å². The molecule has 0 atom stereocenters. The third kappa shape index (κ3) is 3.33. The third-order valence-corrected chi connectivity index (χ3v) is 3.94. The molecule has 2 rings (SSSR count). The van der Waals surface area contributed by atoms with Gasteiger partial charge in [0.25, 0.3) is 11.1 Å². The van der Waals surface area contributed by atoms with Gasteiger partial charge in [-0.05, 0) is 42.5 Å². The summed E-state index contributed by atoms with van der Waals surface area (Å²) in [4.78, 5) is 25.4. The number of hydrogen-bond donors (Lipinski definition) is 0. The first-order chi connectivity index (χ1) is 10.6. The summed E-state index contributed by atoms with van der Waals surface area (Å²) < 4.78 is 10.8. The Labute approximate surface area is 133 Å². The topological polar surface area (TPSA) is 55.8 Å². The quantitative estimate of drug-likeness (QED) is 0.595. The predicted octanol–water partition coefficient (Wildman–Crippen LogP) is 3.32. The first-order valence-corrected chi connectivity index (χ1v) is 7.59. The Kier molecular flexibility index (Phi) is 5.27. The molecular weight excluding hydrogens is 302 g/mol. The summed E-state index contributed by atoms with van der Waals surface area (Å²) in [6, 6.07) is 5.33. The van der Waals surface area contributed by atoms with Gasteiger partial charge in [0, 0.05) is 6.54 Å². The summed E-state index contributed by atoms with van der Waals surface area (Å²) >= 11 is 0.946. The van der Waals surface area contributed by atoms with E-state index in [0.29, 0.717) is 29.6 Å². The van der Waals surface area contributed by atoms with Crippen LogP contribution in [0.4, 0.5) is 4.79 Å². The summed E-state index contributed by atoms with van der Waals surface area (Å²) in [5.41, 5.74) is 0.768. The second kappa shape index (κ2) is 7.17. The number of likely N-dealkylation sites (N-methyl/N-ethyl adjacent to an activating group) is 1. The van der Waals surface area contributed by atoms with Crippen LogP contribution in [0, 0.1) is 0 Å². The van der Waals surface area contributed by atoms with Crippen molar-refractivity contribution in [3.8, 4) is 11.5 Å². The molecule has 1 aliphatic rings. The lowest BCUT2D eigenvalue weighted by molar-refractivity contribution is -0.122. The summed E-state index contributed by atoms with van der Waals surface area (Å²) in [5, 5.41) is -0.239. The summed E-state index contributed by atoms with van der Waals surface area (Å²) in [5.74, 6) is 0.898. The van der Waals surface area contributed by atoms with Crippen molar-refractivity contribution in [3.05, 3.63) is 41.3 Å². The first-order valence-electron chi connectivity index (χ1n) is 6.77. The van der Waals surface area contributed by atoms with Crippen LogP contribution in [0.5, 0.6) is 11.5 Å². The van der Waals surface area contributed by atoms with Crippen molar-refractivity contribution in [2.75, 3.05) is 20.3 Å². The van der Waals surface area contributed by atoms with Crippen LogP contribution < -0.4 is 9.47 Å². The van der Waals surface area contributed by atoms with Gasteiger partial charge >= 0.3 is 0 Å². The molecule has 1 aromatic rings. The largest absolute Gasteiger partial charge is 0.493 e. The van der Waals surface area contributed by atoms with Gasteiger partial charge in [-0.2, -0.15) is 0 Å². The Morgan fingerprint density at radius 2 is 2.09 bits per heavy atom.